The van der Waals surface area contributed by atoms with E-state index >= 15 is 0 Å². The summed E-state index contributed by atoms with van der Waals surface area (Å²) in [7, 11) is 0. The number of carbonyl (C=O) groups is 1. The number of carbonyl (C=O) groups excluding carboxylic acids is 1. The van der Waals surface area contributed by atoms with Crippen molar-refractivity contribution in [3.63, 3.8) is 0 Å². The van der Waals surface area contributed by atoms with Gasteiger partial charge in [-0.05, 0) is 60.7 Å². The third kappa shape index (κ3) is 6.00. The maximum atomic E-state index is 12.4. The quantitative estimate of drug-likeness (QED) is 0.324. The highest BCUT2D eigenvalue weighted by Gasteiger charge is 2.19. The van der Waals surface area contributed by atoms with Crippen LogP contribution in [0, 0.1) is 6.92 Å². The third-order valence-electron chi connectivity index (χ3n) is 5.54. The summed E-state index contributed by atoms with van der Waals surface area (Å²) in [6.45, 7) is 8.24. The van der Waals surface area contributed by atoms with Gasteiger partial charge in [-0.25, -0.2) is 10.4 Å². The number of nitrogens with one attached hydrogen (secondary N) is 1. The highest BCUT2D eigenvalue weighted by atomic mass is 32.1. The third-order valence-corrected chi connectivity index (χ3v) is 7.47. The molecule has 1 aliphatic heterocycles. The van der Waals surface area contributed by atoms with Crippen LogP contribution in [-0.4, -0.2) is 36.8 Å². The van der Waals surface area contributed by atoms with Crippen molar-refractivity contribution < 1.29 is 9.53 Å². The molecule has 0 bridgehead atoms. The molecular formula is C25H30N4O2S2. The summed E-state index contributed by atoms with van der Waals surface area (Å²) in [6, 6.07) is 10.2. The highest BCUT2D eigenvalue weighted by molar-refractivity contribution is 7.18. The van der Waals surface area contributed by atoms with E-state index in [-0.39, 0.29) is 12.5 Å². The Morgan fingerprint density at radius 1 is 1.27 bits per heavy atom. The smallest absolute Gasteiger partial charge is 0.277 e. The van der Waals surface area contributed by atoms with E-state index in [2.05, 4.69) is 47.5 Å². The van der Waals surface area contributed by atoms with E-state index in [4.69, 9.17) is 9.72 Å². The van der Waals surface area contributed by atoms with Gasteiger partial charge in [0.25, 0.3) is 5.91 Å². The molecule has 0 aliphatic carbocycles. The predicted molar refractivity (Wildman–Crippen MR) is 138 cm³/mol. The van der Waals surface area contributed by atoms with Crippen LogP contribution in [0.15, 0.2) is 40.8 Å². The molecule has 1 N–H and O–H groups in total. The van der Waals surface area contributed by atoms with E-state index in [1.165, 1.54) is 19.3 Å². The van der Waals surface area contributed by atoms with Crippen LogP contribution in [0.25, 0.3) is 10.6 Å². The fourth-order valence-corrected chi connectivity index (χ4v) is 5.60. The molecule has 0 atom stereocenters. The number of piperidine rings is 1. The van der Waals surface area contributed by atoms with Crippen molar-refractivity contribution in [2.45, 2.75) is 46.0 Å². The fraction of sp³-hybridized carbons (Fsp3) is 0.400. The Bertz CT molecular complexity index is 1100. The molecule has 1 aromatic carbocycles. The lowest BCUT2D eigenvalue weighted by atomic mass is 10.0. The fourth-order valence-electron chi connectivity index (χ4n) is 3.80. The zero-order valence-corrected chi connectivity index (χ0v) is 21.0. The number of nitrogens with zero attached hydrogens (tertiary/aromatic N) is 3. The van der Waals surface area contributed by atoms with Gasteiger partial charge in [-0.2, -0.15) is 5.10 Å². The lowest BCUT2D eigenvalue weighted by Crippen LogP contribution is -2.29. The molecule has 33 heavy (non-hydrogen) atoms. The van der Waals surface area contributed by atoms with Crippen LogP contribution in [0.2, 0.25) is 0 Å². The number of ether oxygens (including phenoxy) is 1. The summed E-state index contributed by atoms with van der Waals surface area (Å²) < 4.78 is 5.81. The molecule has 1 amide bonds. The minimum atomic E-state index is -0.291. The van der Waals surface area contributed by atoms with E-state index < -0.39 is 0 Å². The Balaban J connectivity index is 1.42. The molecule has 0 radical (unpaired) electrons. The number of benzene rings is 1. The number of thiazole rings is 1. The first-order chi connectivity index (χ1) is 16.0. The van der Waals surface area contributed by atoms with Crippen LogP contribution in [0.1, 0.15) is 55.0 Å². The van der Waals surface area contributed by atoms with Gasteiger partial charge in [0.05, 0.1) is 16.0 Å². The molecule has 2 aromatic heterocycles. The van der Waals surface area contributed by atoms with Gasteiger partial charge in [0.2, 0.25) is 0 Å². The van der Waals surface area contributed by atoms with Crippen molar-refractivity contribution in [3.8, 4) is 16.3 Å². The standard InChI is InChI=1S/C25H30N4O2S2/c1-17(2)19-10-9-18(3)14-20(19)31-16-23(30)28-26-15-22-24(21-8-7-13-32-21)27-25(33-22)29-11-5-4-6-12-29/h7-10,13-15,17H,4-6,11-12,16H2,1-3H3,(H,28,30). The molecule has 0 saturated carbocycles. The van der Waals surface area contributed by atoms with Crippen LogP contribution in [0.4, 0.5) is 5.13 Å². The monoisotopic (exact) mass is 482 g/mol. The van der Waals surface area contributed by atoms with Gasteiger partial charge < -0.3 is 9.64 Å². The lowest BCUT2D eigenvalue weighted by molar-refractivity contribution is -0.123. The zero-order valence-electron chi connectivity index (χ0n) is 19.3. The van der Waals surface area contributed by atoms with Crippen molar-refractivity contribution in [3.05, 3.63) is 51.7 Å². The molecule has 0 unspecified atom stereocenters. The molecule has 3 aromatic rings. The molecule has 6 nitrogen and oxygen atoms in total. The first-order valence-corrected chi connectivity index (χ1v) is 13.1. The van der Waals surface area contributed by atoms with Crippen molar-refractivity contribution in [1.82, 2.24) is 10.4 Å². The zero-order chi connectivity index (χ0) is 23.2. The molecule has 1 aliphatic rings. The number of thiophene rings is 1. The van der Waals surface area contributed by atoms with Gasteiger partial charge in [-0.15, -0.1) is 11.3 Å². The SMILES string of the molecule is Cc1ccc(C(C)C)c(OCC(=O)NN=Cc2sc(N3CCCCC3)nc2-c2cccs2)c1. The topological polar surface area (TPSA) is 66.8 Å². The largest absolute Gasteiger partial charge is 0.483 e. The van der Waals surface area contributed by atoms with E-state index in [9.17, 15) is 4.79 Å². The van der Waals surface area contributed by atoms with Crippen LogP contribution in [0.3, 0.4) is 0 Å². The average Bonchev–Trinajstić information content (AvgIpc) is 3.48. The van der Waals surface area contributed by atoms with Gasteiger partial charge in [-0.3, -0.25) is 4.79 Å². The normalized spacial score (nSPS) is 14.2. The second-order valence-electron chi connectivity index (χ2n) is 8.51. The number of rotatable bonds is 8. The van der Waals surface area contributed by atoms with Gasteiger partial charge in [-0.1, -0.05) is 43.4 Å². The van der Waals surface area contributed by atoms with Crippen molar-refractivity contribution in [2.24, 2.45) is 5.10 Å². The first kappa shape index (κ1) is 23.4. The lowest BCUT2D eigenvalue weighted by Gasteiger charge is -2.25. The van der Waals surface area contributed by atoms with Crippen molar-refractivity contribution >= 4 is 39.9 Å². The Kier molecular flexibility index (Phi) is 7.77. The Hall–Kier alpha value is -2.71. The summed E-state index contributed by atoms with van der Waals surface area (Å²) >= 11 is 3.28. The van der Waals surface area contributed by atoms with Crippen LogP contribution >= 0.6 is 22.7 Å². The maximum Gasteiger partial charge on any atom is 0.277 e. The van der Waals surface area contributed by atoms with Gasteiger partial charge in [0.1, 0.15) is 11.4 Å². The number of aryl methyl sites for hydroxylation is 1. The molecule has 1 fully saturated rings. The van der Waals surface area contributed by atoms with Gasteiger partial charge in [0, 0.05) is 13.1 Å². The minimum absolute atomic E-state index is 0.0833. The molecule has 1 saturated heterocycles. The summed E-state index contributed by atoms with van der Waals surface area (Å²) in [4.78, 5) is 21.7. The van der Waals surface area contributed by atoms with E-state index in [1.54, 1.807) is 28.9 Å². The number of hydrazone groups is 1. The number of anilines is 1. The predicted octanol–water partition coefficient (Wildman–Crippen LogP) is 5.82. The van der Waals surface area contributed by atoms with E-state index in [0.29, 0.717) is 5.92 Å². The summed E-state index contributed by atoms with van der Waals surface area (Å²) in [5.41, 5.74) is 5.71. The van der Waals surface area contributed by atoms with Crippen molar-refractivity contribution in [1.29, 1.82) is 0 Å². The van der Waals surface area contributed by atoms with Crippen LogP contribution < -0.4 is 15.1 Å². The number of aromatic nitrogens is 1. The van der Waals surface area contributed by atoms with Crippen molar-refractivity contribution in [2.75, 3.05) is 24.6 Å². The maximum absolute atomic E-state index is 12.4. The van der Waals surface area contributed by atoms with Crippen LogP contribution in [0.5, 0.6) is 5.75 Å². The van der Waals surface area contributed by atoms with E-state index in [0.717, 1.165) is 50.5 Å². The van der Waals surface area contributed by atoms with Gasteiger partial charge >= 0.3 is 0 Å². The second-order valence-corrected chi connectivity index (χ2v) is 10.5. The summed E-state index contributed by atoms with van der Waals surface area (Å²) in [5.74, 6) is 0.774. The first-order valence-electron chi connectivity index (χ1n) is 11.4. The Morgan fingerprint density at radius 3 is 2.82 bits per heavy atom. The van der Waals surface area contributed by atoms with Crippen LogP contribution in [-0.2, 0) is 4.79 Å². The Labute approximate surface area is 203 Å². The Morgan fingerprint density at radius 2 is 2.09 bits per heavy atom. The minimum Gasteiger partial charge on any atom is -0.483 e. The molecule has 8 heteroatoms. The number of hydrogen-bond donors (Lipinski definition) is 1. The summed E-state index contributed by atoms with van der Waals surface area (Å²) in [6.07, 6.45) is 5.38. The number of hydrogen-bond acceptors (Lipinski definition) is 7. The molecule has 0 spiro atoms. The highest BCUT2D eigenvalue weighted by Crippen LogP contribution is 2.35. The molecule has 4 rings (SSSR count). The second kappa shape index (κ2) is 10.9. The molecule has 3 heterocycles. The number of amides is 1. The summed E-state index contributed by atoms with van der Waals surface area (Å²) in [5, 5.41) is 7.28. The molecular weight excluding hydrogens is 452 g/mol. The molecule has 174 valence electrons. The van der Waals surface area contributed by atoms with Gasteiger partial charge in [0.15, 0.2) is 11.7 Å². The average molecular weight is 483 g/mol. The van der Waals surface area contributed by atoms with E-state index in [1.807, 2.05) is 24.4 Å².